The Kier molecular flexibility index (Phi) is 5.21. The second-order valence-corrected chi connectivity index (χ2v) is 9.72. The molecule has 2 aromatic heterocycles. The summed E-state index contributed by atoms with van der Waals surface area (Å²) in [4.78, 5) is 13.1. The molecule has 4 N–H and O–H groups in total. The number of nitrogens with one attached hydrogen (secondary N) is 1. The summed E-state index contributed by atoms with van der Waals surface area (Å²) in [7, 11) is 1.70. The lowest BCUT2D eigenvalue weighted by Gasteiger charge is -2.21. The van der Waals surface area contributed by atoms with Gasteiger partial charge in [-0.1, -0.05) is 16.8 Å². The fraction of sp³-hybridized carbons (Fsp3) is 0.435. The summed E-state index contributed by atoms with van der Waals surface area (Å²) in [5.74, 6) is 0.411. The number of halogens is 2. The Morgan fingerprint density at radius 2 is 2.03 bits per heavy atom. The zero-order chi connectivity index (χ0) is 23.5. The van der Waals surface area contributed by atoms with Gasteiger partial charge in [-0.05, 0) is 62.6 Å². The van der Waals surface area contributed by atoms with Crippen molar-refractivity contribution in [2.45, 2.75) is 44.1 Å². The summed E-state index contributed by atoms with van der Waals surface area (Å²) in [5, 5.41) is 22.3. The summed E-state index contributed by atoms with van der Waals surface area (Å²) in [5.41, 5.74) is 7.29. The number of amides is 1. The standard InChI is InChI=1S/C23H25ClFN5O3/c1-11-5-18(33-29-11)23(32)9-13-6-12(7-14(13)10-23)20-19(21(26)30(2)28-20)22(31)27-15-3-4-17(25)16(24)8-15/h3-5,8,12-14,32H,6-7,9-10,26H2,1-2H3,(H,27,31). The van der Waals surface area contributed by atoms with Crippen molar-refractivity contribution in [1.29, 1.82) is 0 Å². The minimum atomic E-state index is -1.01. The molecule has 2 atom stereocenters. The third-order valence-electron chi connectivity index (χ3n) is 7.04. The van der Waals surface area contributed by atoms with Gasteiger partial charge in [0.15, 0.2) is 5.76 Å². The number of nitrogens with two attached hydrogens (primary N) is 1. The Hall–Kier alpha value is -2.91. The first-order valence-corrected chi connectivity index (χ1v) is 11.3. The van der Waals surface area contributed by atoms with Crippen LogP contribution in [0.2, 0.25) is 5.02 Å². The predicted molar refractivity (Wildman–Crippen MR) is 120 cm³/mol. The average Bonchev–Trinajstić information content (AvgIpc) is 3.48. The highest BCUT2D eigenvalue weighted by atomic mass is 35.5. The Bertz CT molecular complexity index is 1220. The van der Waals surface area contributed by atoms with Crippen LogP contribution in [0.4, 0.5) is 15.9 Å². The first-order chi connectivity index (χ1) is 15.6. The van der Waals surface area contributed by atoms with Gasteiger partial charge in [0.1, 0.15) is 22.8 Å². The monoisotopic (exact) mass is 473 g/mol. The number of carbonyl (C=O) groups is 1. The first kappa shape index (κ1) is 21.9. The minimum Gasteiger partial charge on any atom is -0.383 e. The van der Waals surface area contributed by atoms with Gasteiger partial charge in [-0.3, -0.25) is 9.48 Å². The van der Waals surface area contributed by atoms with Gasteiger partial charge in [-0.2, -0.15) is 5.10 Å². The van der Waals surface area contributed by atoms with Crippen LogP contribution in [0.1, 0.15) is 59.1 Å². The highest BCUT2D eigenvalue weighted by Gasteiger charge is 2.52. The van der Waals surface area contributed by atoms with Crippen LogP contribution < -0.4 is 11.1 Å². The molecule has 2 fully saturated rings. The quantitative estimate of drug-likeness (QED) is 0.524. The normalized spacial score (nSPS) is 26.5. The number of carbonyl (C=O) groups excluding carboxylic acids is 1. The molecule has 10 heteroatoms. The summed E-state index contributed by atoms with van der Waals surface area (Å²) < 4.78 is 20.3. The molecule has 8 nitrogen and oxygen atoms in total. The van der Waals surface area contributed by atoms with Crippen LogP contribution >= 0.6 is 11.6 Å². The maximum Gasteiger partial charge on any atom is 0.261 e. The van der Waals surface area contributed by atoms with E-state index in [2.05, 4.69) is 15.6 Å². The molecule has 0 aliphatic heterocycles. The van der Waals surface area contributed by atoms with Crippen LogP contribution in [0.15, 0.2) is 28.8 Å². The van der Waals surface area contributed by atoms with Crippen LogP contribution in [0.3, 0.4) is 0 Å². The minimum absolute atomic E-state index is 0.0436. The molecule has 1 amide bonds. The Morgan fingerprint density at radius 3 is 2.64 bits per heavy atom. The lowest BCUT2D eigenvalue weighted by Crippen LogP contribution is -2.22. The average molecular weight is 474 g/mol. The largest absolute Gasteiger partial charge is 0.383 e. The molecule has 0 radical (unpaired) electrons. The number of benzene rings is 1. The van der Waals surface area contributed by atoms with Crippen molar-refractivity contribution >= 4 is 29.0 Å². The molecule has 2 heterocycles. The van der Waals surface area contributed by atoms with Gasteiger partial charge in [0, 0.05) is 24.7 Å². The summed E-state index contributed by atoms with van der Waals surface area (Å²) >= 11 is 5.84. The number of rotatable bonds is 4. The van der Waals surface area contributed by atoms with Crippen molar-refractivity contribution in [3.8, 4) is 0 Å². The van der Waals surface area contributed by atoms with E-state index in [0.717, 1.165) is 18.5 Å². The smallest absolute Gasteiger partial charge is 0.261 e. The van der Waals surface area contributed by atoms with Crippen LogP contribution in [0.25, 0.3) is 0 Å². The lowest BCUT2D eigenvalue weighted by molar-refractivity contribution is 0.00751. The van der Waals surface area contributed by atoms with Gasteiger partial charge in [-0.15, -0.1) is 0 Å². The van der Waals surface area contributed by atoms with E-state index >= 15 is 0 Å². The molecule has 2 unspecified atom stereocenters. The summed E-state index contributed by atoms with van der Waals surface area (Å²) in [6, 6.07) is 5.79. The van der Waals surface area contributed by atoms with Crippen molar-refractivity contribution in [3.05, 3.63) is 57.8 Å². The maximum absolute atomic E-state index is 13.5. The van der Waals surface area contributed by atoms with E-state index in [0.29, 0.717) is 35.5 Å². The molecule has 0 saturated heterocycles. The van der Waals surface area contributed by atoms with E-state index in [1.54, 1.807) is 13.1 Å². The molecular formula is C23H25ClFN5O3. The number of fused-ring (bicyclic) bond motifs is 1. The van der Waals surface area contributed by atoms with E-state index in [9.17, 15) is 14.3 Å². The highest BCUT2D eigenvalue weighted by Crippen LogP contribution is 2.57. The number of nitrogens with zero attached hydrogens (tertiary/aromatic N) is 3. The summed E-state index contributed by atoms with van der Waals surface area (Å²) in [6.07, 6.45) is 2.75. The first-order valence-electron chi connectivity index (χ1n) is 10.9. The lowest BCUT2D eigenvalue weighted by atomic mass is 9.90. The maximum atomic E-state index is 13.5. The Balaban J connectivity index is 1.36. The molecule has 174 valence electrons. The number of aliphatic hydroxyl groups is 1. The van der Waals surface area contributed by atoms with E-state index in [4.69, 9.17) is 21.9 Å². The van der Waals surface area contributed by atoms with Crippen molar-refractivity contribution in [2.75, 3.05) is 11.1 Å². The molecule has 0 bridgehead atoms. The van der Waals surface area contributed by atoms with Crippen molar-refractivity contribution < 1.29 is 18.8 Å². The highest BCUT2D eigenvalue weighted by molar-refractivity contribution is 6.31. The van der Waals surface area contributed by atoms with Crippen LogP contribution in [-0.2, 0) is 12.6 Å². The molecular weight excluding hydrogens is 449 g/mol. The van der Waals surface area contributed by atoms with Crippen LogP contribution in [0.5, 0.6) is 0 Å². The van der Waals surface area contributed by atoms with Gasteiger partial charge in [-0.25, -0.2) is 4.39 Å². The number of anilines is 2. The molecule has 5 rings (SSSR count). The Morgan fingerprint density at radius 1 is 1.33 bits per heavy atom. The molecule has 3 aromatic rings. The SMILES string of the molecule is Cc1cc(C2(O)CC3CC(c4nn(C)c(N)c4C(=O)Nc4ccc(F)c(Cl)c4)CC3C2)on1. The van der Waals surface area contributed by atoms with Gasteiger partial charge in [0.05, 0.1) is 16.4 Å². The molecule has 2 aliphatic rings. The zero-order valence-corrected chi connectivity index (χ0v) is 19.1. The molecule has 1 aromatic carbocycles. The predicted octanol–water partition coefficient (Wildman–Crippen LogP) is 4.13. The fourth-order valence-electron chi connectivity index (χ4n) is 5.51. The van der Waals surface area contributed by atoms with E-state index in [1.807, 2.05) is 6.92 Å². The van der Waals surface area contributed by atoms with E-state index in [-0.39, 0.29) is 28.6 Å². The van der Waals surface area contributed by atoms with Crippen LogP contribution in [0, 0.1) is 24.6 Å². The van der Waals surface area contributed by atoms with Gasteiger partial charge >= 0.3 is 0 Å². The van der Waals surface area contributed by atoms with Crippen LogP contribution in [-0.4, -0.2) is 26.0 Å². The van der Waals surface area contributed by atoms with E-state index < -0.39 is 17.3 Å². The third-order valence-corrected chi connectivity index (χ3v) is 7.33. The number of nitrogen functional groups attached to an aromatic ring is 1. The topological polar surface area (TPSA) is 119 Å². The number of hydrogen-bond donors (Lipinski definition) is 3. The Labute approximate surface area is 194 Å². The fourth-order valence-corrected chi connectivity index (χ4v) is 5.70. The van der Waals surface area contributed by atoms with Gasteiger partial charge in [0.25, 0.3) is 5.91 Å². The molecule has 33 heavy (non-hydrogen) atoms. The number of aromatic nitrogens is 3. The zero-order valence-electron chi connectivity index (χ0n) is 18.3. The van der Waals surface area contributed by atoms with Crippen molar-refractivity contribution in [3.63, 3.8) is 0 Å². The third kappa shape index (κ3) is 3.79. The van der Waals surface area contributed by atoms with Crippen molar-refractivity contribution in [2.24, 2.45) is 18.9 Å². The molecule has 0 spiro atoms. The second-order valence-electron chi connectivity index (χ2n) is 9.31. The summed E-state index contributed by atoms with van der Waals surface area (Å²) in [6.45, 7) is 1.83. The van der Waals surface area contributed by atoms with Gasteiger partial charge in [0.2, 0.25) is 0 Å². The molecule has 2 saturated carbocycles. The number of hydrogen-bond acceptors (Lipinski definition) is 6. The molecule has 2 aliphatic carbocycles. The van der Waals surface area contributed by atoms with E-state index in [1.165, 1.54) is 22.9 Å². The van der Waals surface area contributed by atoms with Gasteiger partial charge < -0.3 is 20.7 Å². The number of aryl methyl sites for hydroxylation is 2. The second kappa shape index (κ2) is 7.85. The van der Waals surface area contributed by atoms with Crippen molar-refractivity contribution in [1.82, 2.24) is 14.9 Å².